The number of hydrogen-bond donors (Lipinski definition) is 1. The molecule has 7 nitrogen and oxygen atoms in total. The van der Waals surface area contributed by atoms with E-state index in [0.29, 0.717) is 16.7 Å². The van der Waals surface area contributed by atoms with Gasteiger partial charge in [-0.15, -0.1) is 0 Å². The minimum Gasteiger partial charge on any atom is -0.338 e. The van der Waals surface area contributed by atoms with Gasteiger partial charge in [0, 0.05) is 29.0 Å². The summed E-state index contributed by atoms with van der Waals surface area (Å²) in [4.78, 5) is 33.2. The molecule has 0 radical (unpaired) electrons. The van der Waals surface area contributed by atoms with Crippen LogP contribution >= 0.6 is 11.6 Å². The van der Waals surface area contributed by atoms with Gasteiger partial charge in [-0.25, -0.2) is 4.98 Å². The quantitative estimate of drug-likeness (QED) is 0.441. The van der Waals surface area contributed by atoms with Gasteiger partial charge in [-0.1, -0.05) is 56.6 Å². The van der Waals surface area contributed by atoms with Gasteiger partial charge in [0.15, 0.2) is 0 Å². The number of nitrogens with one attached hydrogen (secondary N) is 1. The summed E-state index contributed by atoms with van der Waals surface area (Å²) >= 11 is 6.60. The lowest BCUT2D eigenvalue weighted by Crippen LogP contribution is -2.14. The van der Waals surface area contributed by atoms with E-state index in [9.17, 15) is 9.59 Å². The zero-order valence-electron chi connectivity index (χ0n) is 19.2. The second kappa shape index (κ2) is 9.06. The highest BCUT2D eigenvalue weighted by Gasteiger charge is 2.30. The van der Waals surface area contributed by atoms with Crippen LogP contribution in [-0.4, -0.2) is 26.8 Å². The van der Waals surface area contributed by atoms with Crippen LogP contribution in [0.1, 0.15) is 74.9 Å². The first-order chi connectivity index (χ1) is 15.6. The predicted octanol–water partition coefficient (Wildman–Crippen LogP) is 5.81. The van der Waals surface area contributed by atoms with Crippen molar-refractivity contribution in [3.8, 4) is 11.1 Å². The molecular formula is C25H27ClN4O3. The van der Waals surface area contributed by atoms with Crippen molar-refractivity contribution in [2.45, 2.75) is 58.3 Å². The molecule has 172 valence electrons. The number of rotatable bonds is 7. The number of carbonyl (C=O) groups is 2. The molecule has 2 aromatic heterocycles. The van der Waals surface area contributed by atoms with E-state index in [1.165, 1.54) is 0 Å². The minimum atomic E-state index is -0.316. The number of aromatic nitrogens is 3. The van der Waals surface area contributed by atoms with Gasteiger partial charge in [0.05, 0.1) is 0 Å². The summed E-state index contributed by atoms with van der Waals surface area (Å²) in [6, 6.07) is 9.45. The van der Waals surface area contributed by atoms with E-state index in [-0.39, 0.29) is 41.2 Å². The van der Waals surface area contributed by atoms with Crippen LogP contribution in [0, 0.1) is 5.92 Å². The van der Waals surface area contributed by atoms with Crippen LogP contribution in [0.3, 0.4) is 0 Å². The average molecular weight is 467 g/mol. The predicted molar refractivity (Wildman–Crippen MR) is 126 cm³/mol. The van der Waals surface area contributed by atoms with Gasteiger partial charge < -0.3 is 9.84 Å². The summed E-state index contributed by atoms with van der Waals surface area (Å²) in [5, 5.41) is 7.28. The van der Waals surface area contributed by atoms with E-state index < -0.39 is 0 Å². The van der Waals surface area contributed by atoms with Crippen molar-refractivity contribution in [1.82, 2.24) is 15.1 Å². The van der Waals surface area contributed by atoms with Crippen LogP contribution in [0.5, 0.6) is 0 Å². The highest BCUT2D eigenvalue weighted by molar-refractivity contribution is 6.31. The summed E-state index contributed by atoms with van der Waals surface area (Å²) in [5.74, 6) is 0.874. The average Bonchev–Trinajstić information content (AvgIpc) is 3.48. The van der Waals surface area contributed by atoms with Crippen molar-refractivity contribution in [1.29, 1.82) is 0 Å². The molecule has 1 saturated carbocycles. The smallest absolute Gasteiger partial charge is 0.238 e. The van der Waals surface area contributed by atoms with Gasteiger partial charge in [-0.05, 0) is 53.6 Å². The number of nitrogens with zero attached hydrogens (tertiary/aromatic N) is 3. The van der Waals surface area contributed by atoms with Crippen molar-refractivity contribution < 1.29 is 14.1 Å². The molecule has 2 heterocycles. The Morgan fingerprint density at radius 2 is 1.91 bits per heavy atom. The second-order valence-corrected chi connectivity index (χ2v) is 10.0. The summed E-state index contributed by atoms with van der Waals surface area (Å²) in [7, 11) is 0. The Balaban J connectivity index is 1.46. The van der Waals surface area contributed by atoms with Crippen molar-refractivity contribution in [2.75, 3.05) is 5.32 Å². The molecule has 1 fully saturated rings. The zero-order valence-corrected chi connectivity index (χ0v) is 19.9. The first kappa shape index (κ1) is 23.1. The fourth-order valence-corrected chi connectivity index (χ4v) is 3.85. The highest BCUT2D eigenvalue weighted by Crippen LogP contribution is 2.33. The zero-order chi connectivity index (χ0) is 23.8. The van der Waals surface area contributed by atoms with Gasteiger partial charge in [0.1, 0.15) is 5.82 Å². The Morgan fingerprint density at radius 1 is 1.18 bits per heavy atom. The molecule has 1 aliphatic rings. The Hall–Kier alpha value is -3.06. The molecule has 0 bridgehead atoms. The van der Waals surface area contributed by atoms with E-state index in [2.05, 4.69) is 20.4 Å². The topological polar surface area (TPSA) is 98.0 Å². The molecule has 4 rings (SSSR count). The summed E-state index contributed by atoms with van der Waals surface area (Å²) in [5.41, 5.74) is 2.35. The molecule has 1 atom stereocenters. The number of Topliss-reactive ketones (excluding diaryl/α,β-unsaturated/α-hetero) is 1. The lowest BCUT2D eigenvalue weighted by atomic mass is 9.93. The molecule has 0 spiro atoms. The third-order valence-electron chi connectivity index (χ3n) is 5.63. The van der Waals surface area contributed by atoms with Gasteiger partial charge >= 0.3 is 0 Å². The highest BCUT2D eigenvalue weighted by atomic mass is 35.5. The minimum absolute atomic E-state index is 0.0164. The van der Waals surface area contributed by atoms with Crippen LogP contribution < -0.4 is 5.32 Å². The maximum Gasteiger partial charge on any atom is 0.238 e. The molecule has 0 unspecified atom stereocenters. The molecule has 1 aliphatic carbocycles. The van der Waals surface area contributed by atoms with E-state index in [4.69, 9.17) is 16.1 Å². The number of benzene rings is 1. The Bertz CT molecular complexity index is 1190. The van der Waals surface area contributed by atoms with Crippen molar-refractivity contribution >= 4 is 29.1 Å². The molecule has 1 N–H and O–H groups in total. The lowest BCUT2D eigenvalue weighted by Gasteiger charge is -2.14. The molecule has 33 heavy (non-hydrogen) atoms. The first-order valence-electron chi connectivity index (χ1n) is 11.1. The molecule has 1 amide bonds. The largest absolute Gasteiger partial charge is 0.338 e. The molecule has 1 aromatic carbocycles. The lowest BCUT2D eigenvalue weighted by molar-refractivity contribution is -0.117. The molecule has 3 aromatic rings. The summed E-state index contributed by atoms with van der Waals surface area (Å²) in [6.07, 6.45) is 3.76. The third-order valence-corrected chi connectivity index (χ3v) is 5.96. The normalized spacial score (nSPS) is 14.7. The van der Waals surface area contributed by atoms with Crippen LogP contribution in [0.2, 0.25) is 5.02 Å². The Kier molecular flexibility index (Phi) is 6.34. The monoisotopic (exact) mass is 466 g/mol. The second-order valence-electron chi connectivity index (χ2n) is 9.63. The first-order valence-corrected chi connectivity index (χ1v) is 11.4. The standard InChI is InChI=1S/C25H27ClN4O3/c1-14(11-20(31)22-29-24(33-30-22)25(2,3)4)18-8-7-16(12-19(18)26)17-9-10-27-21(13-17)28-23(32)15-5-6-15/h7-10,12-15H,5-6,11H2,1-4H3,(H,27,28,32)/t14-/m0/s1. The number of amides is 1. The fraction of sp³-hybridized carbons (Fsp3) is 0.400. The Labute approximate surface area is 197 Å². The van der Waals surface area contributed by atoms with Gasteiger partial charge in [-0.3, -0.25) is 9.59 Å². The fourth-order valence-electron chi connectivity index (χ4n) is 3.48. The van der Waals surface area contributed by atoms with E-state index in [0.717, 1.165) is 29.5 Å². The number of ketones is 1. The maximum atomic E-state index is 12.7. The van der Waals surface area contributed by atoms with Crippen LogP contribution in [-0.2, 0) is 10.2 Å². The Morgan fingerprint density at radius 3 is 2.55 bits per heavy atom. The van der Waals surface area contributed by atoms with Crippen molar-refractivity contribution in [3.05, 3.63) is 58.8 Å². The van der Waals surface area contributed by atoms with E-state index >= 15 is 0 Å². The number of halogens is 1. The van der Waals surface area contributed by atoms with Crippen molar-refractivity contribution in [2.24, 2.45) is 5.92 Å². The van der Waals surface area contributed by atoms with E-state index in [1.807, 2.05) is 58.0 Å². The third kappa shape index (κ3) is 5.47. The van der Waals surface area contributed by atoms with Crippen LogP contribution in [0.25, 0.3) is 11.1 Å². The maximum absolute atomic E-state index is 12.7. The van der Waals surface area contributed by atoms with Gasteiger partial charge in [0.2, 0.25) is 23.4 Å². The summed E-state index contributed by atoms with van der Waals surface area (Å²) < 4.78 is 5.24. The SMILES string of the molecule is C[C@@H](CC(=O)c1noc(C(C)(C)C)n1)c1ccc(-c2ccnc(NC(=O)C3CC3)c2)cc1Cl. The van der Waals surface area contributed by atoms with Gasteiger partial charge in [-0.2, -0.15) is 4.98 Å². The number of pyridine rings is 1. The number of anilines is 1. The molecular weight excluding hydrogens is 440 g/mol. The van der Waals surface area contributed by atoms with Crippen LogP contribution in [0.4, 0.5) is 5.82 Å². The van der Waals surface area contributed by atoms with Crippen molar-refractivity contribution in [3.63, 3.8) is 0 Å². The number of carbonyl (C=O) groups excluding carboxylic acids is 2. The molecule has 0 saturated heterocycles. The van der Waals surface area contributed by atoms with Crippen LogP contribution in [0.15, 0.2) is 41.1 Å². The van der Waals surface area contributed by atoms with E-state index in [1.54, 1.807) is 6.20 Å². The molecule has 0 aliphatic heterocycles. The number of hydrogen-bond acceptors (Lipinski definition) is 6. The molecule has 8 heteroatoms. The summed E-state index contributed by atoms with van der Waals surface area (Å²) in [6.45, 7) is 7.80. The van der Waals surface area contributed by atoms with Gasteiger partial charge in [0.25, 0.3) is 0 Å².